The minimum absolute atomic E-state index is 0.180. The van der Waals surface area contributed by atoms with E-state index in [9.17, 15) is 4.79 Å². The number of hydrogen-bond acceptors (Lipinski definition) is 6. The summed E-state index contributed by atoms with van der Waals surface area (Å²) < 4.78 is 5.32. The molecule has 0 saturated carbocycles. The molecule has 2 aromatic heterocycles. The SMILES string of the molecule is CC(C)(C)c1cc(NC(=O)c2cccc(-c3ccc4nc(N)ncc4c3)c2)no1. The number of carbonyl (C=O) groups excluding carboxylic acids is 1. The number of amides is 1. The summed E-state index contributed by atoms with van der Waals surface area (Å²) in [6.07, 6.45) is 1.69. The Morgan fingerprint density at radius 1 is 1.07 bits per heavy atom. The van der Waals surface area contributed by atoms with Gasteiger partial charge in [-0.05, 0) is 35.4 Å². The summed E-state index contributed by atoms with van der Waals surface area (Å²) in [5, 5.41) is 7.61. The minimum atomic E-state index is -0.252. The van der Waals surface area contributed by atoms with Crippen molar-refractivity contribution < 1.29 is 9.32 Å². The van der Waals surface area contributed by atoms with Gasteiger partial charge in [0.2, 0.25) is 5.95 Å². The highest BCUT2D eigenvalue weighted by Gasteiger charge is 2.20. The zero-order valence-corrected chi connectivity index (χ0v) is 16.4. The molecule has 0 saturated heterocycles. The fraction of sp³-hybridized carbons (Fsp3) is 0.182. The second-order valence-electron chi connectivity index (χ2n) is 7.86. The van der Waals surface area contributed by atoms with Crippen LogP contribution < -0.4 is 11.1 Å². The molecule has 1 amide bonds. The normalized spacial score (nSPS) is 11.6. The molecule has 146 valence electrons. The molecule has 0 aliphatic carbocycles. The molecule has 0 unspecified atom stereocenters. The van der Waals surface area contributed by atoms with E-state index >= 15 is 0 Å². The van der Waals surface area contributed by atoms with Crippen LogP contribution in [-0.2, 0) is 5.41 Å². The van der Waals surface area contributed by atoms with Crippen LogP contribution in [0.2, 0.25) is 0 Å². The number of rotatable bonds is 3. The molecular formula is C22H21N5O2. The quantitative estimate of drug-likeness (QED) is 0.539. The first-order valence-electron chi connectivity index (χ1n) is 9.21. The third-order valence-electron chi connectivity index (χ3n) is 4.55. The van der Waals surface area contributed by atoms with E-state index in [1.54, 1.807) is 18.3 Å². The molecule has 2 heterocycles. The Morgan fingerprint density at radius 3 is 2.62 bits per heavy atom. The van der Waals surface area contributed by atoms with Gasteiger partial charge in [0.1, 0.15) is 5.76 Å². The van der Waals surface area contributed by atoms with Crippen molar-refractivity contribution in [1.82, 2.24) is 15.1 Å². The fourth-order valence-electron chi connectivity index (χ4n) is 2.94. The van der Waals surface area contributed by atoms with Crippen LogP contribution in [0.4, 0.5) is 11.8 Å². The van der Waals surface area contributed by atoms with Crippen LogP contribution in [0.1, 0.15) is 36.9 Å². The third kappa shape index (κ3) is 3.94. The number of carbonyl (C=O) groups is 1. The van der Waals surface area contributed by atoms with Gasteiger partial charge in [-0.25, -0.2) is 9.97 Å². The van der Waals surface area contributed by atoms with Crippen LogP contribution >= 0.6 is 0 Å². The fourth-order valence-corrected chi connectivity index (χ4v) is 2.94. The maximum atomic E-state index is 12.7. The molecule has 0 aliphatic rings. The predicted octanol–water partition coefficient (Wildman–Crippen LogP) is 4.42. The predicted molar refractivity (Wildman–Crippen MR) is 113 cm³/mol. The largest absolute Gasteiger partial charge is 0.368 e. The highest BCUT2D eigenvalue weighted by molar-refractivity contribution is 6.04. The molecule has 0 radical (unpaired) electrons. The first kappa shape index (κ1) is 18.6. The molecule has 3 N–H and O–H groups in total. The molecule has 4 aromatic rings. The van der Waals surface area contributed by atoms with Crippen LogP contribution in [0, 0.1) is 0 Å². The zero-order chi connectivity index (χ0) is 20.6. The first-order valence-corrected chi connectivity index (χ1v) is 9.21. The van der Waals surface area contributed by atoms with Crippen molar-refractivity contribution in [3.05, 3.63) is 66.1 Å². The highest BCUT2D eigenvalue weighted by Crippen LogP contribution is 2.26. The lowest BCUT2D eigenvalue weighted by Crippen LogP contribution is -2.12. The van der Waals surface area contributed by atoms with Crippen LogP contribution in [0.5, 0.6) is 0 Å². The lowest BCUT2D eigenvalue weighted by Gasteiger charge is -2.12. The average Bonchev–Trinajstić information content (AvgIpc) is 3.16. The van der Waals surface area contributed by atoms with Gasteiger partial charge in [0.05, 0.1) is 5.52 Å². The van der Waals surface area contributed by atoms with Gasteiger partial charge >= 0.3 is 0 Å². The summed E-state index contributed by atoms with van der Waals surface area (Å²) in [6.45, 7) is 6.06. The first-order chi connectivity index (χ1) is 13.8. The summed E-state index contributed by atoms with van der Waals surface area (Å²) in [7, 11) is 0. The maximum absolute atomic E-state index is 12.7. The Labute approximate surface area is 168 Å². The van der Waals surface area contributed by atoms with Gasteiger partial charge in [0.15, 0.2) is 5.82 Å². The lowest BCUT2D eigenvalue weighted by molar-refractivity contribution is 0.102. The summed E-state index contributed by atoms with van der Waals surface area (Å²) in [5.41, 5.74) is 8.62. The van der Waals surface area contributed by atoms with Crippen LogP contribution in [0.25, 0.3) is 22.0 Å². The van der Waals surface area contributed by atoms with E-state index in [4.69, 9.17) is 10.3 Å². The Morgan fingerprint density at radius 2 is 1.86 bits per heavy atom. The van der Waals surface area contributed by atoms with E-state index < -0.39 is 0 Å². The molecule has 7 nitrogen and oxygen atoms in total. The minimum Gasteiger partial charge on any atom is -0.368 e. The van der Waals surface area contributed by atoms with E-state index in [0.717, 1.165) is 22.0 Å². The third-order valence-corrected chi connectivity index (χ3v) is 4.55. The number of nitrogens with one attached hydrogen (secondary N) is 1. The summed E-state index contributed by atoms with van der Waals surface area (Å²) in [4.78, 5) is 20.9. The number of nitrogens with zero attached hydrogens (tertiary/aromatic N) is 3. The molecule has 29 heavy (non-hydrogen) atoms. The van der Waals surface area contributed by atoms with Crippen molar-refractivity contribution in [1.29, 1.82) is 0 Å². The maximum Gasteiger partial charge on any atom is 0.256 e. The lowest BCUT2D eigenvalue weighted by atomic mass is 9.93. The second kappa shape index (κ2) is 7.01. The molecule has 0 bridgehead atoms. The van der Waals surface area contributed by atoms with E-state index in [1.165, 1.54) is 0 Å². The molecule has 0 spiro atoms. The number of nitrogens with two attached hydrogens (primary N) is 1. The number of hydrogen-bond donors (Lipinski definition) is 2. The molecule has 0 atom stereocenters. The summed E-state index contributed by atoms with van der Waals surface area (Å²) >= 11 is 0. The Bertz CT molecular complexity index is 1210. The Kier molecular flexibility index (Phi) is 4.50. The van der Waals surface area contributed by atoms with Gasteiger partial charge < -0.3 is 15.6 Å². The number of benzene rings is 2. The molecular weight excluding hydrogens is 366 g/mol. The molecule has 4 rings (SSSR count). The monoisotopic (exact) mass is 387 g/mol. The van der Waals surface area contributed by atoms with Crippen molar-refractivity contribution in [2.75, 3.05) is 11.1 Å². The molecule has 7 heteroatoms. The Hall–Kier alpha value is -3.74. The van der Waals surface area contributed by atoms with Crippen LogP contribution in [-0.4, -0.2) is 21.0 Å². The number of anilines is 2. The number of fused-ring (bicyclic) bond motifs is 1. The van der Waals surface area contributed by atoms with Crippen molar-refractivity contribution in [2.45, 2.75) is 26.2 Å². The zero-order valence-electron chi connectivity index (χ0n) is 16.4. The van der Waals surface area contributed by atoms with Gasteiger partial charge in [-0.15, -0.1) is 0 Å². The van der Waals surface area contributed by atoms with Crippen molar-refractivity contribution in [3.63, 3.8) is 0 Å². The van der Waals surface area contributed by atoms with E-state index in [0.29, 0.717) is 17.1 Å². The number of nitrogen functional groups attached to an aromatic ring is 1. The van der Waals surface area contributed by atoms with Gasteiger partial charge in [0.25, 0.3) is 5.91 Å². The van der Waals surface area contributed by atoms with Crippen molar-refractivity contribution in [3.8, 4) is 11.1 Å². The van der Waals surface area contributed by atoms with Gasteiger partial charge in [0, 0.05) is 28.6 Å². The van der Waals surface area contributed by atoms with Crippen molar-refractivity contribution >= 4 is 28.6 Å². The van der Waals surface area contributed by atoms with Gasteiger partial charge in [-0.1, -0.05) is 44.1 Å². The average molecular weight is 387 g/mol. The van der Waals surface area contributed by atoms with Gasteiger partial charge in [-0.3, -0.25) is 4.79 Å². The van der Waals surface area contributed by atoms with E-state index in [1.807, 2.05) is 57.2 Å². The molecule has 0 aliphatic heterocycles. The van der Waals surface area contributed by atoms with E-state index in [-0.39, 0.29) is 17.3 Å². The number of aromatic nitrogens is 3. The summed E-state index contributed by atoms with van der Waals surface area (Å²) in [6, 6.07) is 14.9. The van der Waals surface area contributed by atoms with Gasteiger partial charge in [-0.2, -0.15) is 0 Å². The van der Waals surface area contributed by atoms with Crippen molar-refractivity contribution in [2.24, 2.45) is 0 Å². The smallest absolute Gasteiger partial charge is 0.256 e. The molecule has 2 aromatic carbocycles. The highest BCUT2D eigenvalue weighted by atomic mass is 16.5. The Balaban J connectivity index is 1.59. The topological polar surface area (TPSA) is 107 Å². The second-order valence-corrected chi connectivity index (χ2v) is 7.86. The van der Waals surface area contributed by atoms with Crippen LogP contribution in [0.15, 0.2) is 59.3 Å². The standard InChI is InChI=1S/C22H21N5O2/c1-22(2,3)18-11-19(27-29-18)26-20(28)15-6-4-5-13(9-15)14-7-8-17-16(10-14)12-24-21(23)25-17/h4-12H,1-3H3,(H2,23,24,25)(H,26,27,28). The molecule has 0 fully saturated rings. The summed E-state index contributed by atoms with van der Waals surface area (Å²) in [5.74, 6) is 1.09. The van der Waals surface area contributed by atoms with Crippen LogP contribution in [0.3, 0.4) is 0 Å². The van der Waals surface area contributed by atoms with E-state index in [2.05, 4.69) is 20.4 Å².